The molecule has 0 N–H and O–H groups in total. The van der Waals surface area contributed by atoms with Crippen LogP contribution in [0.25, 0.3) is 75.1 Å². The summed E-state index contributed by atoms with van der Waals surface area (Å²) in [5, 5.41) is 7.72. The van der Waals surface area contributed by atoms with Crippen LogP contribution in [0.2, 0.25) is 0 Å². The average molecular weight is 766 g/mol. The summed E-state index contributed by atoms with van der Waals surface area (Å²) in [6.07, 6.45) is 0. The van der Waals surface area contributed by atoms with Gasteiger partial charge in [0.1, 0.15) is 0 Å². The highest BCUT2D eigenvalue weighted by Gasteiger charge is 2.51. The predicted molar refractivity (Wildman–Crippen MR) is 251 cm³/mol. The quantitative estimate of drug-likeness (QED) is 0.172. The van der Waals surface area contributed by atoms with Crippen molar-refractivity contribution in [2.45, 2.75) is 5.41 Å². The summed E-state index contributed by atoms with van der Waals surface area (Å²) in [7, 11) is 0. The van der Waals surface area contributed by atoms with E-state index >= 15 is 0 Å². The van der Waals surface area contributed by atoms with Crippen LogP contribution in [0, 0.1) is 0 Å². The van der Waals surface area contributed by atoms with Crippen LogP contribution in [0.1, 0.15) is 22.3 Å². The predicted octanol–water partition coefficient (Wildman–Crippen LogP) is 15.8. The van der Waals surface area contributed by atoms with Gasteiger partial charge in [-0.3, -0.25) is 0 Å². The van der Waals surface area contributed by atoms with Crippen LogP contribution < -0.4 is 4.90 Å². The normalized spacial score (nSPS) is 13.2. The van der Waals surface area contributed by atoms with Crippen LogP contribution in [-0.2, 0) is 5.41 Å². The lowest BCUT2D eigenvalue weighted by molar-refractivity contribution is 0.794. The molecular formula is C57H35NS. The van der Waals surface area contributed by atoms with E-state index in [-0.39, 0.29) is 5.41 Å². The van der Waals surface area contributed by atoms with Gasteiger partial charge < -0.3 is 4.90 Å². The molecule has 274 valence electrons. The first-order chi connectivity index (χ1) is 29.3. The number of anilines is 3. The molecule has 0 atom stereocenters. The largest absolute Gasteiger partial charge is 0.309 e. The average Bonchev–Trinajstić information content (AvgIpc) is 3.94. The third-order valence-electron chi connectivity index (χ3n) is 13.1. The summed E-state index contributed by atoms with van der Waals surface area (Å²) in [6.45, 7) is 0. The highest BCUT2D eigenvalue weighted by molar-refractivity contribution is 7.26. The van der Waals surface area contributed by atoms with E-state index in [1.165, 1.54) is 103 Å². The monoisotopic (exact) mass is 765 g/mol. The number of hydrogen-bond acceptors (Lipinski definition) is 2. The van der Waals surface area contributed by atoms with Gasteiger partial charge in [-0.1, -0.05) is 176 Å². The first-order valence-corrected chi connectivity index (χ1v) is 21.2. The Balaban J connectivity index is 1.06. The zero-order valence-electron chi connectivity index (χ0n) is 32.1. The molecule has 59 heavy (non-hydrogen) atoms. The molecule has 0 unspecified atom stereocenters. The smallest absolute Gasteiger partial charge is 0.0725 e. The summed E-state index contributed by atoms with van der Waals surface area (Å²) >= 11 is 1.89. The fraction of sp³-hybridized carbons (Fsp3) is 0.0175. The lowest BCUT2D eigenvalue weighted by Gasteiger charge is -2.31. The Hall–Kier alpha value is -7.26. The zero-order valence-corrected chi connectivity index (χ0v) is 32.9. The van der Waals surface area contributed by atoms with E-state index in [0.717, 1.165) is 11.4 Å². The summed E-state index contributed by atoms with van der Waals surface area (Å²) in [5.41, 5.74) is 16.2. The Morgan fingerprint density at radius 2 is 0.881 bits per heavy atom. The van der Waals surface area contributed by atoms with Crippen LogP contribution in [0.5, 0.6) is 0 Å². The topological polar surface area (TPSA) is 3.24 Å². The molecule has 1 nitrogen and oxygen atoms in total. The van der Waals surface area contributed by atoms with E-state index in [1.807, 2.05) is 11.3 Å². The molecule has 10 aromatic carbocycles. The third kappa shape index (κ3) is 4.50. The molecule has 0 amide bonds. The van der Waals surface area contributed by atoms with Gasteiger partial charge in [0, 0.05) is 26.8 Å². The van der Waals surface area contributed by atoms with Gasteiger partial charge in [0.2, 0.25) is 0 Å². The van der Waals surface area contributed by atoms with Gasteiger partial charge in [0.05, 0.1) is 15.8 Å². The van der Waals surface area contributed by atoms with Crippen molar-refractivity contribution in [3.8, 4) is 33.4 Å². The van der Waals surface area contributed by atoms with E-state index in [2.05, 4.69) is 217 Å². The van der Waals surface area contributed by atoms with Crippen LogP contribution in [0.3, 0.4) is 0 Å². The standard InChI is InChI=1S/C57H35NS/c1-3-16-41-36(13-1)15-11-21-42(41)38-27-30-39(31-28-38)58(53-26-12-22-47-55-43-17-4-2-14-37(43)29-34-54(55)59-56(47)53)40-32-33-52-48(35-40)46-20-7-10-25-51(46)57(52)49-23-8-5-18-44(49)45-19-6-9-24-50(45)57/h1-35H. The highest BCUT2D eigenvalue weighted by Crippen LogP contribution is 2.63. The molecule has 0 saturated heterocycles. The molecule has 13 rings (SSSR count). The van der Waals surface area contributed by atoms with Gasteiger partial charge >= 0.3 is 0 Å². The van der Waals surface area contributed by atoms with Gasteiger partial charge in [-0.25, -0.2) is 0 Å². The molecule has 0 saturated carbocycles. The van der Waals surface area contributed by atoms with E-state index < -0.39 is 0 Å². The van der Waals surface area contributed by atoms with Gasteiger partial charge in [-0.2, -0.15) is 0 Å². The first kappa shape index (κ1) is 32.8. The number of nitrogens with zero attached hydrogens (tertiary/aromatic N) is 1. The van der Waals surface area contributed by atoms with E-state index in [4.69, 9.17) is 0 Å². The molecule has 1 heterocycles. The fourth-order valence-corrected chi connectivity index (χ4v) is 11.9. The van der Waals surface area contributed by atoms with Gasteiger partial charge in [0.15, 0.2) is 0 Å². The maximum absolute atomic E-state index is 2.50. The first-order valence-electron chi connectivity index (χ1n) is 20.4. The maximum Gasteiger partial charge on any atom is 0.0725 e. The number of fused-ring (bicyclic) bond motifs is 16. The van der Waals surface area contributed by atoms with Crippen LogP contribution in [0.4, 0.5) is 17.1 Å². The molecular weight excluding hydrogens is 731 g/mol. The third-order valence-corrected chi connectivity index (χ3v) is 14.3. The van der Waals surface area contributed by atoms with Crippen molar-refractivity contribution < 1.29 is 0 Å². The van der Waals surface area contributed by atoms with E-state index in [0.29, 0.717) is 0 Å². The molecule has 0 bridgehead atoms. The van der Waals surface area contributed by atoms with Crippen molar-refractivity contribution in [1.82, 2.24) is 0 Å². The molecule has 0 fully saturated rings. The zero-order chi connectivity index (χ0) is 38.7. The van der Waals surface area contributed by atoms with E-state index in [9.17, 15) is 0 Å². The minimum atomic E-state index is -0.380. The molecule has 0 radical (unpaired) electrons. The number of thiophene rings is 1. The molecule has 2 aliphatic carbocycles. The molecule has 11 aromatic rings. The Labute approximate surface area is 346 Å². The second kappa shape index (κ2) is 12.4. The number of benzene rings is 10. The highest BCUT2D eigenvalue weighted by atomic mass is 32.1. The van der Waals surface area contributed by atoms with Crippen molar-refractivity contribution in [3.63, 3.8) is 0 Å². The minimum absolute atomic E-state index is 0.380. The summed E-state index contributed by atoms with van der Waals surface area (Å²) < 4.78 is 2.59. The van der Waals surface area contributed by atoms with Crippen LogP contribution in [0.15, 0.2) is 212 Å². The molecule has 2 heteroatoms. The lowest BCUT2D eigenvalue weighted by atomic mass is 9.70. The Kier molecular flexibility index (Phi) is 6.87. The Morgan fingerprint density at radius 3 is 1.61 bits per heavy atom. The molecule has 1 aromatic heterocycles. The van der Waals surface area contributed by atoms with Crippen LogP contribution >= 0.6 is 11.3 Å². The maximum atomic E-state index is 2.50. The SMILES string of the molecule is c1ccc2c(c1)-c1ccccc1C21c2ccccc2-c2cc(N(c3ccc(-c4cccc5ccccc45)cc3)c3cccc4c3sc3ccc5ccccc5c34)ccc21. The van der Waals surface area contributed by atoms with Crippen molar-refractivity contribution in [2.24, 2.45) is 0 Å². The van der Waals surface area contributed by atoms with Gasteiger partial charge in [-0.15, -0.1) is 11.3 Å². The molecule has 1 spiro atoms. The summed E-state index contributed by atoms with van der Waals surface area (Å²) in [6, 6.07) is 79.2. The Morgan fingerprint density at radius 1 is 0.356 bits per heavy atom. The number of hydrogen-bond donors (Lipinski definition) is 0. The van der Waals surface area contributed by atoms with E-state index in [1.54, 1.807) is 0 Å². The molecule has 0 aliphatic heterocycles. The fourth-order valence-electron chi connectivity index (χ4n) is 10.7. The van der Waals surface area contributed by atoms with Crippen LogP contribution in [-0.4, -0.2) is 0 Å². The molecule has 2 aliphatic rings. The van der Waals surface area contributed by atoms with Gasteiger partial charge in [0.25, 0.3) is 0 Å². The van der Waals surface area contributed by atoms with Gasteiger partial charge in [-0.05, 0) is 114 Å². The van der Waals surface area contributed by atoms with Crippen molar-refractivity contribution >= 4 is 70.1 Å². The Bertz CT molecular complexity index is 3470. The summed E-state index contributed by atoms with van der Waals surface area (Å²) in [4.78, 5) is 2.50. The minimum Gasteiger partial charge on any atom is -0.309 e. The lowest BCUT2D eigenvalue weighted by Crippen LogP contribution is -2.25. The van der Waals surface area contributed by atoms with Crippen molar-refractivity contribution in [1.29, 1.82) is 0 Å². The number of rotatable bonds is 4. The summed E-state index contributed by atoms with van der Waals surface area (Å²) in [5.74, 6) is 0. The van der Waals surface area contributed by atoms with Crippen molar-refractivity contribution in [3.05, 3.63) is 235 Å². The second-order valence-corrected chi connectivity index (χ2v) is 17.0. The van der Waals surface area contributed by atoms with Crippen molar-refractivity contribution in [2.75, 3.05) is 4.90 Å². The second-order valence-electron chi connectivity index (χ2n) is 15.9.